The molecule has 0 aliphatic carbocycles. The maximum absolute atomic E-state index is 12.6. The van der Waals surface area contributed by atoms with Crippen LogP contribution in [0, 0.1) is 0 Å². The van der Waals surface area contributed by atoms with Crippen LogP contribution in [0.2, 0.25) is 0 Å². The Morgan fingerprint density at radius 1 is 0.968 bits per heavy atom. The first-order valence-corrected chi connectivity index (χ1v) is 11.0. The van der Waals surface area contributed by atoms with E-state index in [-0.39, 0.29) is 0 Å². The number of rotatable bonds is 9. The number of hydrogen-bond donors (Lipinski definition) is 1. The lowest BCUT2D eigenvalue weighted by atomic mass is 10.2. The molecule has 0 radical (unpaired) electrons. The summed E-state index contributed by atoms with van der Waals surface area (Å²) in [4.78, 5) is 12.6. The van der Waals surface area contributed by atoms with Crippen LogP contribution < -0.4 is 14.9 Å². The van der Waals surface area contributed by atoms with Gasteiger partial charge in [0.25, 0.3) is 5.91 Å². The van der Waals surface area contributed by atoms with Crippen LogP contribution in [0.5, 0.6) is 11.5 Å². The minimum atomic E-state index is -0.390. The van der Waals surface area contributed by atoms with Crippen LogP contribution in [0.15, 0.2) is 93.4 Å². The van der Waals surface area contributed by atoms with Crippen molar-refractivity contribution in [2.75, 3.05) is 6.61 Å². The van der Waals surface area contributed by atoms with E-state index in [1.807, 2.05) is 48.5 Å². The first-order chi connectivity index (χ1) is 15.1. The Kier molecular flexibility index (Phi) is 8.44. The van der Waals surface area contributed by atoms with Gasteiger partial charge in [-0.2, -0.15) is 5.10 Å². The Morgan fingerprint density at radius 3 is 2.42 bits per heavy atom. The van der Waals surface area contributed by atoms with Crippen molar-refractivity contribution in [2.24, 2.45) is 5.10 Å². The zero-order chi connectivity index (χ0) is 22.1. The van der Waals surface area contributed by atoms with Gasteiger partial charge < -0.3 is 9.47 Å². The quantitative estimate of drug-likeness (QED) is 0.201. The highest BCUT2D eigenvalue weighted by Gasteiger charge is 2.13. The number of ether oxygens (including phenoxy) is 2. The van der Waals surface area contributed by atoms with E-state index in [4.69, 9.17) is 9.47 Å². The molecular weight excluding hydrogens is 524 g/mol. The van der Waals surface area contributed by atoms with Gasteiger partial charge in [0, 0.05) is 14.5 Å². The van der Waals surface area contributed by atoms with Gasteiger partial charge in [0.15, 0.2) is 0 Å². The van der Waals surface area contributed by atoms with Gasteiger partial charge in [-0.3, -0.25) is 4.79 Å². The van der Waals surface area contributed by atoms with Gasteiger partial charge in [-0.1, -0.05) is 74.8 Å². The molecule has 5 nitrogen and oxygen atoms in total. The molecule has 31 heavy (non-hydrogen) atoms. The zero-order valence-electron chi connectivity index (χ0n) is 16.6. The molecule has 158 valence electrons. The van der Waals surface area contributed by atoms with Crippen LogP contribution in [0.1, 0.15) is 21.5 Å². The molecule has 0 unspecified atom stereocenters. The Bertz CT molecular complexity index is 1090. The smallest absolute Gasteiger partial charge is 0.275 e. The number of carbonyl (C=O) groups is 1. The third-order valence-corrected chi connectivity index (χ3v) is 5.11. The summed E-state index contributed by atoms with van der Waals surface area (Å²) in [5, 5.41) is 4.11. The van der Waals surface area contributed by atoms with Gasteiger partial charge in [0.1, 0.15) is 24.7 Å². The normalized spacial score (nSPS) is 10.6. The number of carbonyl (C=O) groups excluding carboxylic acids is 1. The van der Waals surface area contributed by atoms with Crippen molar-refractivity contribution in [1.82, 2.24) is 5.43 Å². The minimum Gasteiger partial charge on any atom is -0.489 e. The minimum absolute atomic E-state index is 0.297. The molecule has 0 saturated heterocycles. The van der Waals surface area contributed by atoms with E-state index in [2.05, 4.69) is 49.0 Å². The van der Waals surface area contributed by atoms with Crippen LogP contribution >= 0.6 is 31.9 Å². The molecule has 3 aromatic rings. The van der Waals surface area contributed by atoms with Crippen LogP contribution in [-0.4, -0.2) is 18.7 Å². The Balaban J connectivity index is 1.72. The molecular formula is C24H20Br2N2O3. The fourth-order valence-corrected chi connectivity index (χ4v) is 3.40. The van der Waals surface area contributed by atoms with E-state index < -0.39 is 5.91 Å². The molecule has 0 spiro atoms. The Hall–Kier alpha value is -2.90. The molecule has 0 saturated carbocycles. The molecule has 0 aliphatic heterocycles. The van der Waals surface area contributed by atoms with E-state index in [1.165, 1.54) is 0 Å². The highest BCUT2D eigenvalue weighted by molar-refractivity contribution is 9.10. The summed E-state index contributed by atoms with van der Waals surface area (Å²) in [6, 6.07) is 20.7. The number of halogens is 2. The summed E-state index contributed by atoms with van der Waals surface area (Å²) in [6.45, 7) is 4.35. The lowest BCUT2D eigenvalue weighted by Gasteiger charge is -2.10. The summed E-state index contributed by atoms with van der Waals surface area (Å²) in [5.41, 5.74) is 4.69. The molecule has 0 bridgehead atoms. The molecule has 0 aliphatic rings. The lowest BCUT2D eigenvalue weighted by molar-refractivity contribution is 0.0951. The van der Waals surface area contributed by atoms with Crippen molar-refractivity contribution in [1.29, 1.82) is 0 Å². The van der Waals surface area contributed by atoms with Crippen molar-refractivity contribution in [3.8, 4) is 11.5 Å². The predicted octanol–water partition coefficient (Wildman–Crippen LogP) is 6.12. The fraction of sp³-hybridized carbons (Fsp3) is 0.0833. The second-order valence-corrected chi connectivity index (χ2v) is 8.23. The predicted molar refractivity (Wildman–Crippen MR) is 130 cm³/mol. The van der Waals surface area contributed by atoms with E-state index >= 15 is 0 Å². The summed E-state index contributed by atoms with van der Waals surface area (Å²) in [5.74, 6) is 0.714. The number of hydrazone groups is 1. The van der Waals surface area contributed by atoms with Crippen molar-refractivity contribution in [3.05, 3.63) is 105 Å². The van der Waals surface area contributed by atoms with Crippen LogP contribution in [0.3, 0.4) is 0 Å². The molecule has 1 amide bonds. The van der Waals surface area contributed by atoms with Gasteiger partial charge in [-0.15, -0.1) is 0 Å². The second kappa shape index (κ2) is 11.5. The molecule has 3 rings (SSSR count). The van der Waals surface area contributed by atoms with Crippen molar-refractivity contribution in [2.45, 2.75) is 6.61 Å². The first kappa shape index (κ1) is 22.8. The zero-order valence-corrected chi connectivity index (χ0v) is 19.7. The van der Waals surface area contributed by atoms with Gasteiger partial charge in [-0.25, -0.2) is 5.43 Å². The molecule has 0 atom stereocenters. The summed E-state index contributed by atoms with van der Waals surface area (Å²) >= 11 is 6.83. The van der Waals surface area contributed by atoms with Crippen LogP contribution in [0.4, 0.5) is 0 Å². The van der Waals surface area contributed by atoms with Gasteiger partial charge in [-0.05, 0) is 42.0 Å². The average Bonchev–Trinajstić information content (AvgIpc) is 2.78. The van der Waals surface area contributed by atoms with Crippen LogP contribution in [-0.2, 0) is 6.61 Å². The summed E-state index contributed by atoms with van der Waals surface area (Å²) < 4.78 is 13.1. The third-order valence-electron chi connectivity index (χ3n) is 4.12. The maximum Gasteiger partial charge on any atom is 0.275 e. The van der Waals surface area contributed by atoms with Crippen molar-refractivity contribution < 1.29 is 14.3 Å². The maximum atomic E-state index is 12.6. The molecule has 0 fully saturated rings. The molecule has 1 N–H and O–H groups in total. The third kappa shape index (κ3) is 6.80. The molecule has 0 heterocycles. The van der Waals surface area contributed by atoms with Gasteiger partial charge in [0.2, 0.25) is 0 Å². The van der Waals surface area contributed by atoms with E-state index in [9.17, 15) is 4.79 Å². The lowest BCUT2D eigenvalue weighted by Crippen LogP contribution is -2.19. The summed E-state index contributed by atoms with van der Waals surface area (Å²) in [7, 11) is 0. The van der Waals surface area contributed by atoms with E-state index in [1.54, 1.807) is 30.5 Å². The average molecular weight is 544 g/mol. The molecule has 0 aromatic heterocycles. The number of hydrogen-bond acceptors (Lipinski definition) is 4. The largest absolute Gasteiger partial charge is 0.489 e. The van der Waals surface area contributed by atoms with Gasteiger partial charge >= 0.3 is 0 Å². The molecule has 3 aromatic carbocycles. The highest BCUT2D eigenvalue weighted by Crippen LogP contribution is 2.24. The first-order valence-electron chi connectivity index (χ1n) is 9.39. The van der Waals surface area contributed by atoms with Crippen LogP contribution in [0.25, 0.3) is 0 Å². The number of nitrogens with one attached hydrogen (secondary N) is 1. The number of benzene rings is 3. The molecule has 7 heteroatoms. The number of amides is 1. The summed E-state index contributed by atoms with van der Waals surface area (Å²) in [6.07, 6.45) is 3.16. The van der Waals surface area contributed by atoms with Gasteiger partial charge in [0.05, 0.1) is 11.8 Å². The Morgan fingerprint density at radius 2 is 1.68 bits per heavy atom. The van der Waals surface area contributed by atoms with E-state index in [0.29, 0.717) is 30.3 Å². The standard InChI is InChI=1S/C24H20Br2N2O3/c1-2-12-30-23-11-9-20(26)14-21(23)24(29)28-27-15-18-13-19(25)8-10-22(18)31-16-17-6-4-3-5-7-17/h2-11,13-15H,1,12,16H2,(H,28,29). The topological polar surface area (TPSA) is 59.9 Å². The van der Waals surface area contributed by atoms with Crippen molar-refractivity contribution >= 4 is 44.0 Å². The SMILES string of the molecule is C=CCOc1ccc(Br)cc1C(=O)NN=Cc1cc(Br)ccc1OCc1ccccc1. The number of nitrogens with zero attached hydrogens (tertiary/aromatic N) is 1. The monoisotopic (exact) mass is 542 g/mol. The second-order valence-electron chi connectivity index (χ2n) is 6.40. The highest BCUT2D eigenvalue weighted by atomic mass is 79.9. The fourth-order valence-electron chi connectivity index (χ4n) is 2.66. The van der Waals surface area contributed by atoms with E-state index in [0.717, 1.165) is 20.1 Å². The Labute approximate surface area is 198 Å². The van der Waals surface area contributed by atoms with Crippen molar-refractivity contribution in [3.63, 3.8) is 0 Å².